The molecule has 1 unspecified atom stereocenters. The van der Waals surface area contributed by atoms with Crippen LogP contribution in [0.15, 0.2) is 0 Å². The van der Waals surface area contributed by atoms with Gasteiger partial charge in [0.05, 0.1) is 27.7 Å². The van der Waals surface area contributed by atoms with E-state index in [0.717, 1.165) is 32.1 Å². The lowest BCUT2D eigenvalue weighted by atomic mass is 10.0. The summed E-state index contributed by atoms with van der Waals surface area (Å²) in [5.74, 6) is -0.822. The van der Waals surface area contributed by atoms with Gasteiger partial charge in [-0.1, -0.05) is 187 Å². The van der Waals surface area contributed by atoms with Crippen LogP contribution < -0.4 is 4.89 Å². The first kappa shape index (κ1) is 52.0. The molecular formula is C43H86NO8P. The Morgan fingerprint density at radius 1 is 0.509 bits per heavy atom. The van der Waals surface area contributed by atoms with Crippen LogP contribution in [0.3, 0.4) is 0 Å². The zero-order valence-electron chi connectivity index (χ0n) is 35.5. The Bertz CT molecular complexity index is 881. The van der Waals surface area contributed by atoms with Crippen LogP contribution in [-0.4, -0.2) is 70.0 Å². The van der Waals surface area contributed by atoms with Gasteiger partial charge in [0, 0.05) is 12.8 Å². The molecule has 0 radical (unpaired) electrons. The summed E-state index contributed by atoms with van der Waals surface area (Å²) in [6.45, 7) is 4.24. The average molecular weight is 776 g/mol. The number of carbonyl (C=O) groups excluding carboxylic acids is 2. The number of ether oxygens (including phenoxy) is 2. The maximum Gasteiger partial charge on any atom is 0.306 e. The fourth-order valence-electron chi connectivity index (χ4n) is 6.36. The first-order chi connectivity index (χ1) is 25.5. The monoisotopic (exact) mass is 776 g/mol. The summed E-state index contributed by atoms with van der Waals surface area (Å²) in [4.78, 5) is 37.4. The first-order valence-electron chi connectivity index (χ1n) is 22.2. The minimum absolute atomic E-state index is 0.0258. The van der Waals surface area contributed by atoms with Crippen molar-refractivity contribution in [3.63, 3.8) is 0 Å². The molecule has 0 amide bonds. The molecule has 9 nitrogen and oxygen atoms in total. The Balaban J connectivity index is 4.24. The number of quaternary nitrogens is 1. The van der Waals surface area contributed by atoms with Crippen molar-refractivity contribution in [1.29, 1.82) is 0 Å². The van der Waals surface area contributed by atoms with E-state index in [2.05, 4.69) is 13.8 Å². The fraction of sp³-hybridized carbons (Fsp3) is 0.953. The largest absolute Gasteiger partial charge is 0.756 e. The number of unbranched alkanes of at least 4 members (excludes halogenated alkanes) is 27. The molecule has 53 heavy (non-hydrogen) atoms. The molecular weight excluding hydrogens is 689 g/mol. The van der Waals surface area contributed by atoms with E-state index in [0.29, 0.717) is 17.4 Å². The van der Waals surface area contributed by atoms with Gasteiger partial charge in [0.1, 0.15) is 19.8 Å². The molecule has 0 fully saturated rings. The lowest BCUT2D eigenvalue weighted by molar-refractivity contribution is -0.870. The maximum atomic E-state index is 12.7. The molecule has 0 aromatic carbocycles. The van der Waals surface area contributed by atoms with Crippen molar-refractivity contribution in [3.8, 4) is 0 Å². The second kappa shape index (κ2) is 36.6. The smallest absolute Gasteiger partial charge is 0.306 e. The number of nitrogens with zero attached hydrogens (tertiary/aromatic N) is 1. The molecule has 0 saturated heterocycles. The molecule has 2 atom stereocenters. The number of hydrogen-bond donors (Lipinski definition) is 0. The molecule has 0 aromatic rings. The van der Waals surface area contributed by atoms with Crippen LogP contribution in [0.4, 0.5) is 0 Å². The molecule has 0 rings (SSSR count). The van der Waals surface area contributed by atoms with E-state index in [9.17, 15) is 19.0 Å². The van der Waals surface area contributed by atoms with Crippen molar-refractivity contribution in [1.82, 2.24) is 0 Å². The van der Waals surface area contributed by atoms with Crippen LogP contribution in [-0.2, 0) is 32.7 Å². The highest BCUT2D eigenvalue weighted by Gasteiger charge is 2.21. The molecule has 0 aromatic heterocycles. The van der Waals surface area contributed by atoms with Crippen molar-refractivity contribution >= 4 is 19.8 Å². The van der Waals surface area contributed by atoms with Crippen molar-refractivity contribution in [2.24, 2.45) is 0 Å². The standard InChI is InChI=1S/C43H86NO8P/c1-6-8-10-12-14-16-18-19-20-21-22-23-24-25-26-28-30-32-34-36-43(46)52-41(40-51-53(47,48)50-38-37-44(3,4)5)39-49-42(45)35-33-31-29-27-17-15-13-11-9-7-2/h41H,6-40H2,1-5H3/t41-/m1/s1. The molecule has 0 aliphatic heterocycles. The van der Waals surface area contributed by atoms with Gasteiger partial charge < -0.3 is 27.9 Å². The molecule has 0 heterocycles. The predicted molar refractivity (Wildman–Crippen MR) is 218 cm³/mol. The van der Waals surface area contributed by atoms with Gasteiger partial charge in [0.15, 0.2) is 6.10 Å². The van der Waals surface area contributed by atoms with Gasteiger partial charge in [-0.25, -0.2) is 0 Å². The summed E-state index contributed by atoms with van der Waals surface area (Å²) in [6, 6.07) is 0. The van der Waals surface area contributed by atoms with E-state index in [1.165, 1.54) is 148 Å². The van der Waals surface area contributed by atoms with Crippen LogP contribution in [0.5, 0.6) is 0 Å². The Kier molecular flexibility index (Phi) is 36.0. The minimum atomic E-state index is -4.61. The lowest BCUT2D eigenvalue weighted by Gasteiger charge is -2.28. The Hall–Kier alpha value is -0.990. The third kappa shape index (κ3) is 40.5. The van der Waals surface area contributed by atoms with E-state index in [1.807, 2.05) is 21.1 Å². The van der Waals surface area contributed by atoms with Gasteiger partial charge in [-0.2, -0.15) is 0 Å². The molecule has 0 N–H and O–H groups in total. The molecule has 0 aliphatic rings. The third-order valence-corrected chi connectivity index (χ3v) is 10.8. The number of rotatable bonds is 41. The quantitative estimate of drug-likeness (QED) is 0.0261. The number of esters is 2. The van der Waals surface area contributed by atoms with E-state index < -0.39 is 26.5 Å². The van der Waals surface area contributed by atoms with E-state index in [4.69, 9.17) is 18.5 Å². The van der Waals surface area contributed by atoms with Gasteiger partial charge in [-0.05, 0) is 12.8 Å². The highest BCUT2D eigenvalue weighted by atomic mass is 31.2. The highest BCUT2D eigenvalue weighted by Crippen LogP contribution is 2.38. The molecule has 10 heteroatoms. The summed E-state index contributed by atoms with van der Waals surface area (Å²) < 4.78 is 33.9. The number of likely N-dealkylation sites (N-methyl/N-ethyl adjacent to an activating group) is 1. The van der Waals surface area contributed by atoms with Crippen molar-refractivity contribution < 1.29 is 42.1 Å². The molecule has 0 bridgehead atoms. The molecule has 316 valence electrons. The van der Waals surface area contributed by atoms with Gasteiger partial charge in [0.25, 0.3) is 7.82 Å². The maximum absolute atomic E-state index is 12.7. The van der Waals surface area contributed by atoms with Crippen molar-refractivity contribution in [2.45, 2.75) is 219 Å². The number of hydrogen-bond acceptors (Lipinski definition) is 8. The predicted octanol–water partition coefficient (Wildman–Crippen LogP) is 11.8. The summed E-state index contributed by atoms with van der Waals surface area (Å²) in [5, 5.41) is 0. The van der Waals surface area contributed by atoms with Crippen LogP contribution in [0, 0.1) is 0 Å². The zero-order valence-corrected chi connectivity index (χ0v) is 36.4. The van der Waals surface area contributed by atoms with Crippen LogP contribution in [0.1, 0.15) is 213 Å². The van der Waals surface area contributed by atoms with Crippen LogP contribution in [0.2, 0.25) is 0 Å². The van der Waals surface area contributed by atoms with Crippen molar-refractivity contribution in [2.75, 3.05) is 47.5 Å². The Labute approximate surface area is 327 Å². The second-order valence-electron chi connectivity index (χ2n) is 16.4. The van der Waals surface area contributed by atoms with Crippen LogP contribution >= 0.6 is 7.82 Å². The minimum Gasteiger partial charge on any atom is -0.756 e. The number of phosphoric ester groups is 1. The van der Waals surface area contributed by atoms with E-state index >= 15 is 0 Å². The molecule has 0 aliphatic carbocycles. The van der Waals surface area contributed by atoms with Crippen LogP contribution in [0.25, 0.3) is 0 Å². The van der Waals surface area contributed by atoms with E-state index in [1.54, 1.807) is 0 Å². The number of carbonyl (C=O) groups is 2. The second-order valence-corrected chi connectivity index (χ2v) is 17.8. The van der Waals surface area contributed by atoms with Gasteiger partial charge in [-0.15, -0.1) is 0 Å². The average Bonchev–Trinajstić information content (AvgIpc) is 3.10. The van der Waals surface area contributed by atoms with E-state index in [-0.39, 0.29) is 32.0 Å². The Morgan fingerprint density at radius 2 is 0.849 bits per heavy atom. The van der Waals surface area contributed by atoms with Gasteiger partial charge in [0.2, 0.25) is 0 Å². The summed E-state index contributed by atoms with van der Waals surface area (Å²) >= 11 is 0. The highest BCUT2D eigenvalue weighted by molar-refractivity contribution is 7.45. The molecule has 0 saturated carbocycles. The van der Waals surface area contributed by atoms with Crippen molar-refractivity contribution in [3.05, 3.63) is 0 Å². The SMILES string of the molecule is CCCCCCCCCCCCCCCCCCCCCC(=O)O[C@H](COC(=O)CCCCCCCCCCCC)COP(=O)([O-])OCC[N+](C)(C)C. The van der Waals surface area contributed by atoms with Gasteiger partial charge in [-0.3, -0.25) is 14.2 Å². The zero-order chi connectivity index (χ0) is 39.3. The molecule has 0 spiro atoms. The summed E-state index contributed by atoms with van der Waals surface area (Å²) in [6.07, 6.45) is 35.6. The van der Waals surface area contributed by atoms with Gasteiger partial charge >= 0.3 is 11.9 Å². The normalized spacial score (nSPS) is 13.5. The third-order valence-electron chi connectivity index (χ3n) is 9.88. The summed E-state index contributed by atoms with van der Waals surface area (Å²) in [7, 11) is 1.18. The first-order valence-corrected chi connectivity index (χ1v) is 23.7. The topological polar surface area (TPSA) is 111 Å². The number of phosphoric acid groups is 1. The fourth-order valence-corrected chi connectivity index (χ4v) is 7.09. The lowest BCUT2D eigenvalue weighted by Crippen LogP contribution is -2.37. The Morgan fingerprint density at radius 3 is 1.21 bits per heavy atom. The summed E-state index contributed by atoms with van der Waals surface area (Å²) in [5.41, 5.74) is 0.